The minimum atomic E-state index is 0.00784. The summed E-state index contributed by atoms with van der Waals surface area (Å²) in [7, 11) is 2.06. The molecule has 1 aliphatic rings. The van der Waals surface area contributed by atoms with Gasteiger partial charge in [0, 0.05) is 43.2 Å². The van der Waals surface area contributed by atoms with Crippen molar-refractivity contribution in [3.63, 3.8) is 0 Å². The van der Waals surface area contributed by atoms with Gasteiger partial charge in [0.2, 0.25) is 11.9 Å². The molecule has 0 unspecified atom stereocenters. The lowest BCUT2D eigenvalue weighted by Crippen LogP contribution is -2.16. The summed E-state index contributed by atoms with van der Waals surface area (Å²) < 4.78 is 1.77. The van der Waals surface area contributed by atoms with Crippen molar-refractivity contribution in [2.24, 2.45) is 5.92 Å². The Balaban J connectivity index is 1.38. The number of aromatic nitrogens is 4. The predicted octanol–water partition coefficient (Wildman–Crippen LogP) is 3.78. The van der Waals surface area contributed by atoms with E-state index in [4.69, 9.17) is 0 Å². The molecule has 0 bridgehead atoms. The molecule has 0 saturated heterocycles. The highest BCUT2D eigenvalue weighted by molar-refractivity contribution is 5.92. The van der Waals surface area contributed by atoms with Crippen LogP contribution < -0.4 is 10.2 Å². The van der Waals surface area contributed by atoms with Crippen LogP contribution in [-0.4, -0.2) is 32.5 Å². The number of anilines is 2. The van der Waals surface area contributed by atoms with E-state index in [-0.39, 0.29) is 11.8 Å². The quantitative estimate of drug-likeness (QED) is 0.535. The van der Waals surface area contributed by atoms with Crippen molar-refractivity contribution in [1.29, 1.82) is 0 Å². The van der Waals surface area contributed by atoms with Gasteiger partial charge < -0.3 is 4.90 Å². The van der Waals surface area contributed by atoms with Crippen LogP contribution in [0.5, 0.6) is 0 Å². The summed E-state index contributed by atoms with van der Waals surface area (Å²) >= 11 is 0. The van der Waals surface area contributed by atoms with Crippen LogP contribution in [0, 0.1) is 5.92 Å². The van der Waals surface area contributed by atoms with Crippen LogP contribution in [-0.2, 0) is 11.3 Å². The third-order valence-electron chi connectivity index (χ3n) is 5.29. The second-order valence-electron chi connectivity index (χ2n) is 7.64. The van der Waals surface area contributed by atoms with Gasteiger partial charge in [0.1, 0.15) is 0 Å². The number of nitrogens with zero attached hydrogens (tertiary/aromatic N) is 5. The second kappa shape index (κ2) is 7.59. The molecule has 5 rings (SSSR count). The Bertz CT molecular complexity index is 1180. The smallest absolute Gasteiger partial charge is 0.249 e. The van der Waals surface area contributed by atoms with Gasteiger partial charge >= 0.3 is 0 Å². The summed E-state index contributed by atoms with van der Waals surface area (Å²) in [6, 6.07) is 18.2. The van der Waals surface area contributed by atoms with Crippen molar-refractivity contribution in [2.75, 3.05) is 17.3 Å². The fourth-order valence-corrected chi connectivity index (χ4v) is 3.48. The Morgan fingerprint density at radius 2 is 1.97 bits per heavy atom. The molecule has 0 spiro atoms. The topological polar surface area (TPSA) is 75.4 Å². The van der Waals surface area contributed by atoms with Gasteiger partial charge in [-0.15, -0.1) is 5.10 Å². The second-order valence-corrected chi connectivity index (χ2v) is 7.64. The molecule has 0 aliphatic heterocycles. The van der Waals surface area contributed by atoms with E-state index in [9.17, 15) is 4.79 Å². The minimum absolute atomic E-state index is 0.00784. The van der Waals surface area contributed by atoms with Gasteiger partial charge in [-0.1, -0.05) is 24.3 Å². The maximum atomic E-state index is 12.0. The van der Waals surface area contributed by atoms with Crippen LogP contribution in [0.15, 0.2) is 67.0 Å². The molecule has 1 aliphatic carbocycles. The lowest BCUT2D eigenvalue weighted by molar-refractivity contribution is -0.117. The number of carbonyl (C=O) groups excluding carboxylic acids is 1. The first-order valence-corrected chi connectivity index (χ1v) is 10.0. The molecule has 1 saturated carbocycles. The number of hydrogen-bond acceptors (Lipinski definition) is 5. The average Bonchev–Trinajstić information content (AvgIpc) is 3.54. The number of benzene rings is 1. The Morgan fingerprint density at radius 1 is 1.13 bits per heavy atom. The molecular formula is C23H22N6O. The average molecular weight is 398 g/mol. The number of carbonyl (C=O) groups is 1. The number of pyridine rings is 2. The number of hydrogen-bond donors (Lipinski definition) is 1. The third-order valence-corrected chi connectivity index (χ3v) is 5.29. The molecule has 0 atom stereocenters. The van der Waals surface area contributed by atoms with E-state index >= 15 is 0 Å². The van der Waals surface area contributed by atoms with E-state index in [0.29, 0.717) is 11.6 Å². The first-order chi connectivity index (χ1) is 14.7. The Morgan fingerprint density at radius 3 is 2.70 bits per heavy atom. The molecule has 1 aromatic carbocycles. The summed E-state index contributed by atoms with van der Waals surface area (Å²) in [6.07, 6.45) is 5.57. The van der Waals surface area contributed by atoms with Gasteiger partial charge in [-0.05, 0) is 48.7 Å². The number of nitrogens with one attached hydrogen (secondary N) is 1. The van der Waals surface area contributed by atoms with Crippen molar-refractivity contribution in [2.45, 2.75) is 19.4 Å². The summed E-state index contributed by atoms with van der Waals surface area (Å²) in [6.45, 7) is 0.788. The van der Waals surface area contributed by atoms with Crippen molar-refractivity contribution < 1.29 is 4.79 Å². The maximum Gasteiger partial charge on any atom is 0.249 e. The van der Waals surface area contributed by atoms with E-state index in [0.717, 1.165) is 41.9 Å². The molecule has 1 amide bonds. The van der Waals surface area contributed by atoms with E-state index in [2.05, 4.69) is 62.7 Å². The molecule has 4 aromatic rings. The monoisotopic (exact) mass is 398 g/mol. The lowest BCUT2D eigenvalue weighted by Gasteiger charge is -2.19. The number of amides is 1. The summed E-state index contributed by atoms with van der Waals surface area (Å²) in [4.78, 5) is 22.8. The van der Waals surface area contributed by atoms with Gasteiger partial charge in [-0.2, -0.15) is 4.98 Å². The van der Waals surface area contributed by atoms with Gasteiger partial charge in [-0.3, -0.25) is 15.1 Å². The molecule has 3 aromatic heterocycles. The molecule has 1 N–H and O–H groups in total. The van der Waals surface area contributed by atoms with Crippen LogP contribution in [0.1, 0.15) is 18.4 Å². The number of rotatable bonds is 6. The van der Waals surface area contributed by atoms with E-state index in [1.165, 1.54) is 0 Å². The van der Waals surface area contributed by atoms with Crippen LogP contribution >= 0.6 is 0 Å². The first-order valence-electron chi connectivity index (χ1n) is 10.0. The molecule has 150 valence electrons. The largest absolute Gasteiger partial charge is 0.370 e. The normalized spacial score (nSPS) is 13.4. The maximum absolute atomic E-state index is 12.0. The molecule has 3 heterocycles. The molecular weight excluding hydrogens is 376 g/mol. The summed E-state index contributed by atoms with van der Waals surface area (Å²) in [5.41, 5.74) is 4.94. The van der Waals surface area contributed by atoms with Crippen molar-refractivity contribution in [1.82, 2.24) is 19.6 Å². The standard InChI is InChI=1S/C23H22N6O/c1-28(15-16-4-3-13-24-14-16)19-11-9-17(10-12-19)20-5-2-6-21-25-23(27-29(20)21)26-22(30)18-7-8-18/h2-6,9-14,18H,7-8,15H2,1H3,(H,26,27,30). The molecule has 7 heteroatoms. The summed E-state index contributed by atoms with van der Waals surface area (Å²) in [5, 5.41) is 7.33. The Labute approximate surface area is 174 Å². The Kier molecular flexibility index (Phi) is 4.63. The zero-order valence-electron chi connectivity index (χ0n) is 16.7. The van der Waals surface area contributed by atoms with Crippen LogP contribution in [0.4, 0.5) is 11.6 Å². The molecule has 30 heavy (non-hydrogen) atoms. The predicted molar refractivity (Wildman–Crippen MR) is 116 cm³/mol. The molecule has 7 nitrogen and oxygen atoms in total. The van der Waals surface area contributed by atoms with Crippen molar-refractivity contribution >= 4 is 23.2 Å². The van der Waals surface area contributed by atoms with E-state index < -0.39 is 0 Å². The van der Waals surface area contributed by atoms with E-state index in [1.807, 2.05) is 30.5 Å². The van der Waals surface area contributed by atoms with Crippen LogP contribution in [0.25, 0.3) is 16.9 Å². The first kappa shape index (κ1) is 18.3. The highest BCUT2D eigenvalue weighted by Gasteiger charge is 2.30. The van der Waals surface area contributed by atoms with Crippen molar-refractivity contribution in [3.05, 3.63) is 72.6 Å². The third kappa shape index (κ3) is 3.74. The van der Waals surface area contributed by atoms with Gasteiger partial charge in [0.25, 0.3) is 0 Å². The number of fused-ring (bicyclic) bond motifs is 1. The zero-order chi connectivity index (χ0) is 20.5. The highest BCUT2D eigenvalue weighted by Crippen LogP contribution is 2.30. The summed E-state index contributed by atoms with van der Waals surface area (Å²) in [5.74, 6) is 0.480. The van der Waals surface area contributed by atoms with Crippen LogP contribution in [0.3, 0.4) is 0 Å². The van der Waals surface area contributed by atoms with Gasteiger partial charge in [0.05, 0.1) is 5.69 Å². The molecule has 1 fully saturated rings. The fourth-order valence-electron chi connectivity index (χ4n) is 3.48. The molecule has 0 radical (unpaired) electrons. The fraction of sp³-hybridized carbons (Fsp3) is 0.217. The van der Waals surface area contributed by atoms with Crippen LogP contribution in [0.2, 0.25) is 0 Å². The highest BCUT2D eigenvalue weighted by atomic mass is 16.2. The zero-order valence-corrected chi connectivity index (χ0v) is 16.7. The SMILES string of the molecule is CN(Cc1cccnc1)c1ccc(-c2cccc3nc(NC(=O)C4CC4)nn23)cc1. The Hall–Kier alpha value is -3.74. The van der Waals surface area contributed by atoms with Gasteiger partial charge in [-0.25, -0.2) is 4.52 Å². The lowest BCUT2D eigenvalue weighted by atomic mass is 10.1. The minimum Gasteiger partial charge on any atom is -0.370 e. The van der Waals surface area contributed by atoms with E-state index in [1.54, 1.807) is 10.7 Å². The van der Waals surface area contributed by atoms with Gasteiger partial charge in [0.15, 0.2) is 5.65 Å². The van der Waals surface area contributed by atoms with Crippen molar-refractivity contribution in [3.8, 4) is 11.3 Å².